The fourth-order valence-electron chi connectivity index (χ4n) is 3.72. The van der Waals surface area contributed by atoms with Crippen LogP contribution in [0.1, 0.15) is 63.1 Å². The van der Waals surface area contributed by atoms with Crippen LogP contribution >= 0.6 is 0 Å². The number of nitrogens with zero attached hydrogens (tertiary/aromatic N) is 1. The average Bonchev–Trinajstić information content (AvgIpc) is 2.97. The first kappa shape index (κ1) is 22.5. The third kappa shape index (κ3) is 4.95. The third-order valence-corrected chi connectivity index (χ3v) is 5.79. The van der Waals surface area contributed by atoms with Crippen molar-refractivity contribution in [2.75, 3.05) is 11.9 Å². The number of unbranched alkanes of at least 4 members (excludes halogenated alkanes) is 1. The Morgan fingerprint density at radius 2 is 1.71 bits per heavy atom. The number of nitrogens with one attached hydrogen (secondary N) is 2. The smallest absolute Gasteiger partial charge is 0.325 e. The van der Waals surface area contributed by atoms with Gasteiger partial charge in [-0.25, -0.2) is 4.79 Å². The summed E-state index contributed by atoms with van der Waals surface area (Å²) in [6.07, 6.45) is 3.26. The quantitative estimate of drug-likeness (QED) is 0.614. The van der Waals surface area contributed by atoms with E-state index >= 15 is 0 Å². The van der Waals surface area contributed by atoms with E-state index in [9.17, 15) is 14.4 Å². The lowest BCUT2D eigenvalue weighted by Gasteiger charge is -2.22. The lowest BCUT2D eigenvalue weighted by atomic mass is 9.90. The summed E-state index contributed by atoms with van der Waals surface area (Å²) in [5.74, 6) is -0.472. The highest BCUT2D eigenvalue weighted by Gasteiger charge is 2.49. The van der Waals surface area contributed by atoms with E-state index < -0.39 is 23.4 Å². The molecule has 2 N–H and O–H groups in total. The summed E-state index contributed by atoms with van der Waals surface area (Å²) in [5, 5.41) is 5.52. The molecule has 3 rings (SSSR count). The van der Waals surface area contributed by atoms with Gasteiger partial charge in [-0.3, -0.25) is 14.5 Å². The predicted molar refractivity (Wildman–Crippen MR) is 122 cm³/mol. The van der Waals surface area contributed by atoms with Crippen LogP contribution in [-0.4, -0.2) is 29.3 Å². The topological polar surface area (TPSA) is 78.5 Å². The molecule has 0 radical (unpaired) electrons. The van der Waals surface area contributed by atoms with Gasteiger partial charge in [0.25, 0.3) is 5.91 Å². The lowest BCUT2D eigenvalue weighted by Crippen LogP contribution is -2.42. The van der Waals surface area contributed by atoms with Gasteiger partial charge in [0.1, 0.15) is 12.1 Å². The van der Waals surface area contributed by atoms with Gasteiger partial charge >= 0.3 is 6.03 Å². The summed E-state index contributed by atoms with van der Waals surface area (Å²) < 4.78 is 0. The van der Waals surface area contributed by atoms with Crippen molar-refractivity contribution in [1.82, 2.24) is 10.2 Å². The molecule has 0 aliphatic carbocycles. The van der Waals surface area contributed by atoms with Crippen LogP contribution in [0.2, 0.25) is 0 Å². The third-order valence-electron chi connectivity index (χ3n) is 5.79. The Kier molecular flexibility index (Phi) is 6.78. The number of amides is 4. The molecular weight excluding hydrogens is 390 g/mol. The molecular formula is C25H31N3O3. The number of hydrogen-bond acceptors (Lipinski definition) is 3. The molecule has 1 aliphatic heterocycles. The number of carbonyl (C=O) groups excluding carboxylic acids is 3. The molecule has 1 saturated heterocycles. The maximum absolute atomic E-state index is 13.1. The van der Waals surface area contributed by atoms with Crippen LogP contribution in [0.3, 0.4) is 0 Å². The molecule has 6 nitrogen and oxygen atoms in total. The normalized spacial score (nSPS) is 18.4. The molecule has 1 atom stereocenters. The zero-order valence-corrected chi connectivity index (χ0v) is 18.7. The lowest BCUT2D eigenvalue weighted by molar-refractivity contribution is -0.133. The first-order valence-corrected chi connectivity index (χ1v) is 10.9. The second kappa shape index (κ2) is 9.33. The van der Waals surface area contributed by atoms with E-state index in [2.05, 4.69) is 31.4 Å². The van der Waals surface area contributed by atoms with E-state index in [0.717, 1.165) is 29.7 Å². The number of hydrogen-bond donors (Lipinski definition) is 2. The molecule has 2 aromatic carbocycles. The fourth-order valence-corrected chi connectivity index (χ4v) is 3.72. The van der Waals surface area contributed by atoms with E-state index in [0.29, 0.717) is 17.2 Å². The van der Waals surface area contributed by atoms with Crippen molar-refractivity contribution in [3.63, 3.8) is 0 Å². The highest BCUT2D eigenvalue weighted by atomic mass is 16.2. The molecule has 4 amide bonds. The van der Waals surface area contributed by atoms with E-state index in [4.69, 9.17) is 0 Å². The second-order valence-electron chi connectivity index (χ2n) is 8.57. The van der Waals surface area contributed by atoms with Crippen molar-refractivity contribution >= 4 is 23.5 Å². The predicted octanol–water partition coefficient (Wildman–Crippen LogP) is 4.56. The molecule has 6 heteroatoms. The van der Waals surface area contributed by atoms with Crippen LogP contribution in [0, 0.1) is 0 Å². The van der Waals surface area contributed by atoms with E-state index in [1.54, 1.807) is 6.92 Å². The van der Waals surface area contributed by atoms with Gasteiger partial charge < -0.3 is 10.6 Å². The second-order valence-corrected chi connectivity index (χ2v) is 8.57. The van der Waals surface area contributed by atoms with Gasteiger partial charge in [0, 0.05) is 5.69 Å². The minimum absolute atomic E-state index is 0.331. The minimum Gasteiger partial charge on any atom is -0.325 e. The summed E-state index contributed by atoms with van der Waals surface area (Å²) in [7, 11) is 0. The monoisotopic (exact) mass is 421 g/mol. The Morgan fingerprint density at radius 3 is 2.29 bits per heavy atom. The zero-order chi connectivity index (χ0) is 22.6. The van der Waals surface area contributed by atoms with Crippen molar-refractivity contribution in [3.8, 4) is 0 Å². The molecule has 0 bridgehead atoms. The van der Waals surface area contributed by atoms with Gasteiger partial charge in [-0.05, 0) is 54.5 Å². The molecule has 0 saturated carbocycles. The summed E-state index contributed by atoms with van der Waals surface area (Å²) in [6.45, 7) is 7.68. The van der Waals surface area contributed by atoms with Gasteiger partial charge in [-0.15, -0.1) is 0 Å². The number of aryl methyl sites for hydroxylation is 1. The van der Waals surface area contributed by atoms with Crippen LogP contribution in [-0.2, 0) is 21.5 Å². The number of benzene rings is 2. The van der Waals surface area contributed by atoms with Crippen molar-refractivity contribution in [1.29, 1.82) is 0 Å². The highest BCUT2D eigenvalue weighted by molar-refractivity contribution is 6.10. The molecule has 164 valence electrons. The summed E-state index contributed by atoms with van der Waals surface area (Å²) in [4.78, 5) is 39.0. The first-order chi connectivity index (χ1) is 14.7. The van der Waals surface area contributed by atoms with E-state index in [1.807, 2.05) is 48.5 Å². The summed E-state index contributed by atoms with van der Waals surface area (Å²) >= 11 is 0. The van der Waals surface area contributed by atoms with Gasteiger partial charge in [-0.1, -0.05) is 63.6 Å². The van der Waals surface area contributed by atoms with Gasteiger partial charge in [-0.2, -0.15) is 0 Å². The standard InChI is InChI=1S/C25H31N3O3/c1-5-6-7-18-8-14-21(15-9-18)26-22(29)16-28-23(30)25(4,27-24(28)31)20-12-10-19(11-13-20)17(2)3/h8-15,17H,5-7,16H2,1-4H3,(H,26,29)(H,27,31)/t25-/m1/s1. The van der Waals surface area contributed by atoms with Crippen LogP contribution in [0.5, 0.6) is 0 Å². The number of anilines is 1. The molecule has 1 aliphatic rings. The van der Waals surface area contributed by atoms with Crippen LogP contribution in [0.25, 0.3) is 0 Å². The van der Waals surface area contributed by atoms with Gasteiger partial charge in [0.05, 0.1) is 0 Å². The summed E-state index contributed by atoms with van der Waals surface area (Å²) in [5.41, 5.74) is 2.52. The Morgan fingerprint density at radius 1 is 1.06 bits per heavy atom. The van der Waals surface area contributed by atoms with E-state index in [-0.39, 0.29) is 6.54 Å². The van der Waals surface area contributed by atoms with Crippen molar-refractivity contribution in [3.05, 3.63) is 65.2 Å². The maximum Gasteiger partial charge on any atom is 0.325 e. The molecule has 0 unspecified atom stereocenters. The van der Waals surface area contributed by atoms with Crippen LogP contribution < -0.4 is 10.6 Å². The summed E-state index contributed by atoms with van der Waals surface area (Å²) in [6, 6.07) is 14.7. The minimum atomic E-state index is -1.19. The van der Waals surface area contributed by atoms with Gasteiger partial charge in [0.2, 0.25) is 5.91 Å². The van der Waals surface area contributed by atoms with Gasteiger partial charge in [0.15, 0.2) is 0 Å². The Hall–Kier alpha value is -3.15. The first-order valence-electron chi connectivity index (χ1n) is 10.9. The Bertz CT molecular complexity index is 951. The van der Waals surface area contributed by atoms with Crippen LogP contribution in [0.4, 0.5) is 10.5 Å². The van der Waals surface area contributed by atoms with Crippen molar-refractivity contribution < 1.29 is 14.4 Å². The van der Waals surface area contributed by atoms with Crippen molar-refractivity contribution in [2.45, 2.75) is 58.4 Å². The molecule has 0 spiro atoms. The Balaban J connectivity index is 1.66. The molecule has 2 aromatic rings. The van der Waals surface area contributed by atoms with Crippen LogP contribution in [0.15, 0.2) is 48.5 Å². The number of urea groups is 1. The fraction of sp³-hybridized carbons (Fsp3) is 0.400. The maximum atomic E-state index is 13.1. The van der Waals surface area contributed by atoms with E-state index in [1.165, 1.54) is 5.56 Å². The zero-order valence-electron chi connectivity index (χ0n) is 18.7. The molecule has 1 fully saturated rings. The average molecular weight is 422 g/mol. The number of carbonyl (C=O) groups is 3. The van der Waals surface area contributed by atoms with Crippen molar-refractivity contribution in [2.24, 2.45) is 0 Å². The molecule has 0 aromatic heterocycles. The molecule has 31 heavy (non-hydrogen) atoms. The largest absolute Gasteiger partial charge is 0.325 e. The number of imide groups is 1. The Labute approximate surface area is 184 Å². The SMILES string of the molecule is CCCCc1ccc(NC(=O)CN2C(=O)N[C@](C)(c3ccc(C(C)C)cc3)C2=O)cc1. The molecule has 1 heterocycles. The highest BCUT2D eigenvalue weighted by Crippen LogP contribution is 2.30. The number of rotatable bonds is 8.